The van der Waals surface area contributed by atoms with E-state index in [0.717, 1.165) is 11.7 Å². The predicted octanol–water partition coefficient (Wildman–Crippen LogP) is 3.05. The first-order valence-electron chi connectivity index (χ1n) is 7.19. The molecule has 0 aromatic carbocycles. The molecule has 0 spiro atoms. The first-order chi connectivity index (χ1) is 8.73. The highest BCUT2D eigenvalue weighted by molar-refractivity contribution is 8.13. The first-order valence-corrected chi connectivity index (χ1v) is 8.18. The van der Waals surface area contributed by atoms with E-state index in [9.17, 15) is 0 Å². The largest absolute Gasteiger partial charge is 0.379 e. The fraction of sp³-hybridized carbons (Fsp3) is 0.929. The molecule has 1 aliphatic heterocycles. The summed E-state index contributed by atoms with van der Waals surface area (Å²) in [5, 5.41) is 4.73. The smallest absolute Gasteiger partial charge is 0.156 e. The monoisotopic (exact) mass is 270 g/mol. The molecule has 104 valence electrons. The minimum Gasteiger partial charge on any atom is -0.379 e. The highest BCUT2D eigenvalue weighted by Gasteiger charge is 2.33. The van der Waals surface area contributed by atoms with Crippen LogP contribution in [0.3, 0.4) is 0 Å². The van der Waals surface area contributed by atoms with Crippen molar-refractivity contribution in [2.24, 2.45) is 10.4 Å². The SMILES string of the molecule is CCC1(CC)CN=C(NC2CCCC2OC)SC1. The number of amidine groups is 1. The van der Waals surface area contributed by atoms with E-state index in [-0.39, 0.29) is 0 Å². The van der Waals surface area contributed by atoms with E-state index in [1.165, 1.54) is 37.9 Å². The normalized spacial score (nSPS) is 31.2. The van der Waals surface area contributed by atoms with E-state index in [1.54, 1.807) is 0 Å². The Hall–Kier alpha value is -0.220. The Balaban J connectivity index is 1.90. The van der Waals surface area contributed by atoms with Crippen LogP contribution in [0.5, 0.6) is 0 Å². The molecule has 0 amide bonds. The van der Waals surface area contributed by atoms with Crippen LogP contribution in [0, 0.1) is 5.41 Å². The lowest BCUT2D eigenvalue weighted by Crippen LogP contribution is -2.42. The minimum atomic E-state index is 0.373. The lowest BCUT2D eigenvalue weighted by atomic mass is 9.84. The number of hydrogen-bond donors (Lipinski definition) is 1. The third-order valence-corrected chi connectivity index (χ3v) is 5.91. The maximum atomic E-state index is 5.52. The molecule has 1 heterocycles. The molecule has 2 rings (SSSR count). The Labute approximate surface area is 115 Å². The van der Waals surface area contributed by atoms with Gasteiger partial charge in [-0.15, -0.1) is 0 Å². The number of nitrogens with zero attached hydrogens (tertiary/aromatic N) is 1. The van der Waals surface area contributed by atoms with Gasteiger partial charge in [-0.3, -0.25) is 4.99 Å². The molecule has 0 aromatic rings. The molecule has 2 aliphatic rings. The molecule has 2 atom stereocenters. The molecule has 0 radical (unpaired) electrons. The molecule has 18 heavy (non-hydrogen) atoms. The van der Waals surface area contributed by atoms with Crippen LogP contribution in [0.4, 0.5) is 0 Å². The number of aliphatic imine (C=N–C) groups is 1. The van der Waals surface area contributed by atoms with E-state index in [1.807, 2.05) is 18.9 Å². The molecule has 1 fully saturated rings. The summed E-state index contributed by atoms with van der Waals surface area (Å²) in [4.78, 5) is 4.77. The highest BCUT2D eigenvalue weighted by Crippen LogP contribution is 2.35. The second-order valence-electron chi connectivity index (χ2n) is 5.57. The second kappa shape index (κ2) is 6.29. The van der Waals surface area contributed by atoms with E-state index in [0.29, 0.717) is 17.6 Å². The highest BCUT2D eigenvalue weighted by atomic mass is 32.2. The number of rotatable bonds is 4. The molecule has 3 nitrogen and oxygen atoms in total. The summed E-state index contributed by atoms with van der Waals surface area (Å²) >= 11 is 1.90. The van der Waals surface area contributed by atoms with Crippen LogP contribution in [-0.4, -0.2) is 36.7 Å². The second-order valence-corrected chi connectivity index (χ2v) is 6.54. The van der Waals surface area contributed by atoms with Gasteiger partial charge >= 0.3 is 0 Å². The van der Waals surface area contributed by atoms with Crippen molar-refractivity contribution in [1.29, 1.82) is 0 Å². The Kier molecular flexibility index (Phi) is 4.96. The van der Waals surface area contributed by atoms with Gasteiger partial charge in [0.05, 0.1) is 12.1 Å². The molecule has 4 heteroatoms. The average molecular weight is 270 g/mol. The summed E-state index contributed by atoms with van der Waals surface area (Å²) < 4.78 is 5.52. The van der Waals surface area contributed by atoms with Crippen LogP contribution in [-0.2, 0) is 4.74 Å². The summed E-state index contributed by atoms with van der Waals surface area (Å²) in [6.07, 6.45) is 6.50. The predicted molar refractivity (Wildman–Crippen MR) is 79.3 cm³/mol. The van der Waals surface area contributed by atoms with Gasteiger partial charge in [-0.25, -0.2) is 0 Å². The Morgan fingerprint density at radius 3 is 2.72 bits per heavy atom. The standard InChI is InChI=1S/C14H26N2OS/c1-4-14(5-2)9-15-13(18-10-14)16-11-7-6-8-12(11)17-3/h11-12H,4-10H2,1-3H3,(H,15,16). The van der Waals surface area contributed by atoms with Gasteiger partial charge in [-0.2, -0.15) is 0 Å². The molecule has 2 unspecified atom stereocenters. The van der Waals surface area contributed by atoms with Crippen molar-refractivity contribution in [3.8, 4) is 0 Å². The quantitative estimate of drug-likeness (QED) is 0.852. The van der Waals surface area contributed by atoms with Crippen molar-refractivity contribution < 1.29 is 4.74 Å². The molecular formula is C14H26N2OS. The maximum absolute atomic E-state index is 5.52. The van der Waals surface area contributed by atoms with E-state index in [4.69, 9.17) is 9.73 Å². The van der Waals surface area contributed by atoms with Gasteiger partial charge in [-0.05, 0) is 37.5 Å². The summed E-state index contributed by atoms with van der Waals surface area (Å²) in [6.45, 7) is 5.56. The van der Waals surface area contributed by atoms with Crippen LogP contribution >= 0.6 is 11.8 Å². The van der Waals surface area contributed by atoms with Gasteiger partial charge in [0.2, 0.25) is 0 Å². The number of thioether (sulfide) groups is 1. The van der Waals surface area contributed by atoms with Crippen LogP contribution in [0.15, 0.2) is 4.99 Å². The van der Waals surface area contributed by atoms with Crippen LogP contribution in [0.2, 0.25) is 0 Å². The van der Waals surface area contributed by atoms with Gasteiger partial charge in [0.25, 0.3) is 0 Å². The number of methoxy groups -OCH3 is 1. The van der Waals surface area contributed by atoms with Crippen molar-refractivity contribution >= 4 is 16.9 Å². The van der Waals surface area contributed by atoms with Gasteiger partial charge in [-0.1, -0.05) is 25.6 Å². The van der Waals surface area contributed by atoms with Crippen molar-refractivity contribution in [1.82, 2.24) is 5.32 Å². The van der Waals surface area contributed by atoms with Gasteiger partial charge in [0, 0.05) is 19.4 Å². The number of ether oxygens (including phenoxy) is 1. The molecule has 0 saturated heterocycles. The molecule has 1 aliphatic carbocycles. The zero-order valence-electron chi connectivity index (χ0n) is 11.9. The Bertz CT molecular complexity index is 302. The lowest BCUT2D eigenvalue weighted by molar-refractivity contribution is 0.0909. The minimum absolute atomic E-state index is 0.373. The topological polar surface area (TPSA) is 33.6 Å². The lowest BCUT2D eigenvalue weighted by Gasteiger charge is -2.34. The molecule has 1 saturated carbocycles. The summed E-state index contributed by atoms with van der Waals surface area (Å²) in [7, 11) is 1.82. The first kappa shape index (κ1) is 14.2. The van der Waals surface area contributed by atoms with Crippen LogP contribution in [0.1, 0.15) is 46.0 Å². The fourth-order valence-corrected chi connectivity index (χ4v) is 4.18. The van der Waals surface area contributed by atoms with Gasteiger partial charge in [0.15, 0.2) is 5.17 Å². The van der Waals surface area contributed by atoms with Gasteiger partial charge < -0.3 is 10.1 Å². The molecule has 0 bridgehead atoms. The average Bonchev–Trinajstić information content (AvgIpc) is 2.87. The van der Waals surface area contributed by atoms with Crippen molar-refractivity contribution in [2.75, 3.05) is 19.4 Å². The van der Waals surface area contributed by atoms with Crippen LogP contribution in [0.25, 0.3) is 0 Å². The summed E-state index contributed by atoms with van der Waals surface area (Å²) in [5.41, 5.74) is 0.437. The molecular weight excluding hydrogens is 244 g/mol. The molecule has 0 aromatic heterocycles. The van der Waals surface area contributed by atoms with E-state index >= 15 is 0 Å². The zero-order valence-corrected chi connectivity index (χ0v) is 12.7. The van der Waals surface area contributed by atoms with E-state index < -0.39 is 0 Å². The number of hydrogen-bond acceptors (Lipinski definition) is 4. The van der Waals surface area contributed by atoms with Gasteiger partial charge in [0.1, 0.15) is 0 Å². The molecule has 1 N–H and O–H groups in total. The van der Waals surface area contributed by atoms with Crippen molar-refractivity contribution in [3.05, 3.63) is 0 Å². The third kappa shape index (κ3) is 3.02. The van der Waals surface area contributed by atoms with Crippen LogP contribution < -0.4 is 5.32 Å². The fourth-order valence-electron chi connectivity index (χ4n) is 2.85. The maximum Gasteiger partial charge on any atom is 0.156 e. The van der Waals surface area contributed by atoms with E-state index in [2.05, 4.69) is 19.2 Å². The van der Waals surface area contributed by atoms with Crippen molar-refractivity contribution in [3.63, 3.8) is 0 Å². The third-order valence-electron chi connectivity index (χ3n) is 4.64. The zero-order chi connectivity index (χ0) is 13.0. The number of nitrogens with one attached hydrogen (secondary N) is 1. The summed E-state index contributed by atoms with van der Waals surface area (Å²) in [6, 6.07) is 0.469. The Morgan fingerprint density at radius 2 is 2.17 bits per heavy atom. The Morgan fingerprint density at radius 1 is 1.39 bits per heavy atom. The summed E-state index contributed by atoms with van der Waals surface area (Å²) in [5.74, 6) is 1.20. The van der Waals surface area contributed by atoms with Crippen molar-refractivity contribution in [2.45, 2.75) is 58.1 Å².